The first kappa shape index (κ1) is 13.8. The molecular weight excluding hydrogens is 266 g/mol. The molecule has 1 aliphatic heterocycles. The lowest BCUT2D eigenvalue weighted by molar-refractivity contribution is -0.120. The number of para-hydroxylation sites is 2. The van der Waals surface area contributed by atoms with Gasteiger partial charge < -0.3 is 10.7 Å². The van der Waals surface area contributed by atoms with Crippen LogP contribution in [0, 0.1) is 5.92 Å². The first-order chi connectivity index (χ1) is 10.2. The molecule has 6 heteroatoms. The fourth-order valence-corrected chi connectivity index (χ4v) is 2.66. The SMILES string of the molecule is CCC1=NN(c2nc3ccccc3[nH]2)C(=O)C1CCCN. The number of nitrogens with one attached hydrogen (secondary N) is 1. The largest absolute Gasteiger partial charge is 0.330 e. The van der Waals surface area contributed by atoms with Crippen LogP contribution in [0.15, 0.2) is 29.4 Å². The van der Waals surface area contributed by atoms with Gasteiger partial charge in [0.2, 0.25) is 5.95 Å². The summed E-state index contributed by atoms with van der Waals surface area (Å²) in [6.07, 6.45) is 2.33. The van der Waals surface area contributed by atoms with Crippen LogP contribution in [0.5, 0.6) is 0 Å². The molecule has 0 bridgehead atoms. The van der Waals surface area contributed by atoms with Gasteiger partial charge >= 0.3 is 0 Å². The second-order valence-corrected chi connectivity index (χ2v) is 5.16. The Morgan fingerprint density at radius 1 is 1.38 bits per heavy atom. The lowest BCUT2D eigenvalue weighted by Crippen LogP contribution is -2.28. The molecule has 0 spiro atoms. The molecule has 2 aromatic rings. The molecular formula is C15H19N5O. The second kappa shape index (κ2) is 5.65. The molecule has 1 aromatic carbocycles. The van der Waals surface area contributed by atoms with Gasteiger partial charge in [-0.3, -0.25) is 4.79 Å². The molecule has 1 aromatic heterocycles. The number of aromatic amines is 1. The first-order valence-electron chi connectivity index (χ1n) is 7.30. The van der Waals surface area contributed by atoms with Gasteiger partial charge in [0.15, 0.2) is 0 Å². The van der Waals surface area contributed by atoms with E-state index in [2.05, 4.69) is 15.1 Å². The average Bonchev–Trinajstić information content (AvgIpc) is 3.06. The number of hydrogen-bond donors (Lipinski definition) is 2. The minimum atomic E-state index is -0.160. The van der Waals surface area contributed by atoms with Gasteiger partial charge in [-0.05, 0) is 37.9 Å². The van der Waals surface area contributed by atoms with Gasteiger partial charge in [-0.2, -0.15) is 10.1 Å². The molecule has 0 fully saturated rings. The predicted octanol–water partition coefficient (Wildman–Crippen LogP) is 2.03. The van der Waals surface area contributed by atoms with E-state index >= 15 is 0 Å². The van der Waals surface area contributed by atoms with E-state index in [0.717, 1.165) is 36.0 Å². The van der Waals surface area contributed by atoms with Crippen LogP contribution in [0.4, 0.5) is 5.95 Å². The van der Waals surface area contributed by atoms with Crippen molar-refractivity contribution in [3.8, 4) is 0 Å². The highest BCUT2D eigenvalue weighted by Gasteiger charge is 2.36. The first-order valence-corrected chi connectivity index (χ1v) is 7.30. The van der Waals surface area contributed by atoms with Crippen molar-refractivity contribution in [2.45, 2.75) is 26.2 Å². The second-order valence-electron chi connectivity index (χ2n) is 5.16. The molecule has 2 heterocycles. The van der Waals surface area contributed by atoms with Gasteiger partial charge in [-0.15, -0.1) is 0 Å². The minimum absolute atomic E-state index is 0.0145. The zero-order valence-electron chi connectivity index (χ0n) is 12.0. The van der Waals surface area contributed by atoms with Crippen molar-refractivity contribution in [1.82, 2.24) is 9.97 Å². The maximum absolute atomic E-state index is 12.6. The summed E-state index contributed by atoms with van der Waals surface area (Å²) >= 11 is 0. The Hall–Kier alpha value is -2.21. The number of nitrogens with zero attached hydrogens (tertiary/aromatic N) is 3. The molecule has 0 radical (unpaired) electrons. The molecule has 1 unspecified atom stereocenters. The molecule has 110 valence electrons. The Labute approximate surface area is 123 Å². The summed E-state index contributed by atoms with van der Waals surface area (Å²) < 4.78 is 0. The highest BCUT2D eigenvalue weighted by Crippen LogP contribution is 2.27. The molecule has 21 heavy (non-hydrogen) atoms. The summed E-state index contributed by atoms with van der Waals surface area (Å²) in [5, 5.41) is 5.86. The number of anilines is 1. The van der Waals surface area contributed by atoms with Crippen molar-refractivity contribution in [1.29, 1.82) is 0 Å². The van der Waals surface area contributed by atoms with Crippen molar-refractivity contribution < 1.29 is 4.79 Å². The lowest BCUT2D eigenvalue weighted by Gasteiger charge is -2.11. The third-order valence-electron chi connectivity index (χ3n) is 3.77. The predicted molar refractivity (Wildman–Crippen MR) is 83.1 cm³/mol. The van der Waals surface area contributed by atoms with Crippen molar-refractivity contribution in [3.05, 3.63) is 24.3 Å². The number of carbonyl (C=O) groups is 1. The van der Waals surface area contributed by atoms with E-state index in [1.165, 1.54) is 5.01 Å². The number of hydrogen-bond acceptors (Lipinski definition) is 4. The summed E-state index contributed by atoms with van der Waals surface area (Å²) in [7, 11) is 0. The third-order valence-corrected chi connectivity index (χ3v) is 3.77. The monoisotopic (exact) mass is 285 g/mol. The number of amides is 1. The number of fused-ring (bicyclic) bond motifs is 1. The topological polar surface area (TPSA) is 87.4 Å². The fraction of sp³-hybridized carbons (Fsp3) is 0.400. The zero-order chi connectivity index (χ0) is 14.8. The van der Waals surface area contributed by atoms with Gasteiger partial charge in [-0.25, -0.2) is 4.98 Å². The van der Waals surface area contributed by atoms with Crippen LogP contribution in [-0.2, 0) is 4.79 Å². The van der Waals surface area contributed by atoms with E-state index in [0.29, 0.717) is 12.5 Å². The van der Waals surface area contributed by atoms with Gasteiger partial charge in [-0.1, -0.05) is 19.1 Å². The van der Waals surface area contributed by atoms with E-state index in [1.807, 2.05) is 31.2 Å². The fourth-order valence-electron chi connectivity index (χ4n) is 2.66. The lowest BCUT2D eigenvalue weighted by atomic mass is 9.96. The molecule has 0 saturated carbocycles. The van der Waals surface area contributed by atoms with E-state index in [4.69, 9.17) is 5.73 Å². The van der Waals surface area contributed by atoms with Crippen LogP contribution in [0.2, 0.25) is 0 Å². The maximum Gasteiger partial charge on any atom is 0.258 e. The average molecular weight is 285 g/mol. The Morgan fingerprint density at radius 3 is 2.90 bits per heavy atom. The van der Waals surface area contributed by atoms with Crippen molar-refractivity contribution in [2.75, 3.05) is 11.6 Å². The van der Waals surface area contributed by atoms with Crippen LogP contribution < -0.4 is 10.7 Å². The maximum atomic E-state index is 12.6. The molecule has 1 atom stereocenters. The van der Waals surface area contributed by atoms with Gasteiger partial charge in [0.25, 0.3) is 5.91 Å². The van der Waals surface area contributed by atoms with E-state index in [1.54, 1.807) is 0 Å². The molecule has 1 aliphatic rings. The summed E-state index contributed by atoms with van der Waals surface area (Å²) in [6, 6.07) is 7.69. The number of rotatable bonds is 5. The van der Waals surface area contributed by atoms with Gasteiger partial charge in [0, 0.05) is 0 Å². The summed E-state index contributed by atoms with van der Waals surface area (Å²) in [6.45, 7) is 2.61. The quantitative estimate of drug-likeness (QED) is 0.881. The standard InChI is InChI=1S/C15H19N5O/c1-2-11-10(6-5-9-16)14(21)20(19-11)15-17-12-7-3-4-8-13(12)18-15/h3-4,7-8,10H,2,5-6,9,16H2,1H3,(H,17,18). The van der Waals surface area contributed by atoms with Crippen molar-refractivity contribution in [2.24, 2.45) is 16.8 Å². The third kappa shape index (κ3) is 2.42. The Kier molecular flexibility index (Phi) is 3.70. The van der Waals surface area contributed by atoms with Crippen LogP contribution in [0.25, 0.3) is 11.0 Å². The van der Waals surface area contributed by atoms with Crippen LogP contribution >= 0.6 is 0 Å². The van der Waals surface area contributed by atoms with Crippen LogP contribution in [0.3, 0.4) is 0 Å². The molecule has 0 saturated heterocycles. The Morgan fingerprint density at radius 2 is 2.19 bits per heavy atom. The molecule has 1 amide bonds. The minimum Gasteiger partial charge on any atom is -0.330 e. The Bertz CT molecular complexity index is 657. The number of benzene rings is 1. The number of nitrogens with two attached hydrogens (primary N) is 1. The van der Waals surface area contributed by atoms with Crippen LogP contribution in [-0.4, -0.2) is 28.1 Å². The number of imidazole rings is 1. The number of carbonyl (C=O) groups excluding carboxylic acids is 1. The smallest absolute Gasteiger partial charge is 0.258 e. The zero-order valence-corrected chi connectivity index (χ0v) is 12.0. The molecule has 0 aliphatic carbocycles. The van der Waals surface area contributed by atoms with Gasteiger partial charge in [0.1, 0.15) is 0 Å². The van der Waals surface area contributed by atoms with Gasteiger partial charge in [0.05, 0.1) is 22.7 Å². The highest BCUT2D eigenvalue weighted by molar-refractivity contribution is 6.15. The summed E-state index contributed by atoms with van der Waals surface area (Å²) in [5.74, 6) is 0.313. The molecule has 3 rings (SSSR count). The van der Waals surface area contributed by atoms with Crippen molar-refractivity contribution >= 4 is 28.6 Å². The Balaban J connectivity index is 1.91. The summed E-state index contributed by atoms with van der Waals surface area (Å²) in [5.41, 5.74) is 8.20. The number of aromatic nitrogens is 2. The normalized spacial score (nSPS) is 18.6. The van der Waals surface area contributed by atoms with Crippen molar-refractivity contribution in [3.63, 3.8) is 0 Å². The van der Waals surface area contributed by atoms with E-state index in [-0.39, 0.29) is 11.8 Å². The highest BCUT2D eigenvalue weighted by atomic mass is 16.2. The van der Waals surface area contributed by atoms with E-state index < -0.39 is 0 Å². The molecule has 6 nitrogen and oxygen atoms in total. The van der Waals surface area contributed by atoms with E-state index in [9.17, 15) is 4.79 Å². The van der Waals surface area contributed by atoms with Crippen LogP contribution in [0.1, 0.15) is 26.2 Å². The summed E-state index contributed by atoms with van der Waals surface area (Å²) in [4.78, 5) is 20.2. The number of hydrazone groups is 1. The molecule has 3 N–H and O–H groups in total. The number of H-pyrrole nitrogens is 1.